The highest BCUT2D eigenvalue weighted by Crippen LogP contribution is 2.28. The normalized spacial score (nSPS) is 11.9. The SMILES string of the molecule is CC(C)NC(=O)CCn1c(-c2ccc(C(C)(C)C)cc2)nc2ccccc21. The Morgan fingerprint density at radius 3 is 2.37 bits per heavy atom. The number of aryl methyl sites for hydroxylation is 1. The second-order valence-corrected chi connectivity index (χ2v) is 8.38. The van der Waals surface area contributed by atoms with Crippen molar-refractivity contribution >= 4 is 16.9 Å². The molecule has 0 saturated heterocycles. The number of carbonyl (C=O) groups excluding carboxylic acids is 1. The molecule has 0 aliphatic heterocycles. The summed E-state index contributed by atoms with van der Waals surface area (Å²) in [5.74, 6) is 0.978. The van der Waals surface area contributed by atoms with E-state index in [-0.39, 0.29) is 17.4 Å². The first kappa shape index (κ1) is 19.2. The van der Waals surface area contributed by atoms with E-state index in [2.05, 4.69) is 61.0 Å². The third-order valence-corrected chi connectivity index (χ3v) is 4.68. The van der Waals surface area contributed by atoms with Gasteiger partial charge in [-0.15, -0.1) is 0 Å². The Labute approximate surface area is 161 Å². The van der Waals surface area contributed by atoms with Crippen LogP contribution >= 0.6 is 0 Å². The number of nitrogens with one attached hydrogen (secondary N) is 1. The van der Waals surface area contributed by atoms with Crippen LogP contribution in [0.1, 0.15) is 46.6 Å². The van der Waals surface area contributed by atoms with Gasteiger partial charge in [0.05, 0.1) is 11.0 Å². The van der Waals surface area contributed by atoms with E-state index in [1.807, 2.05) is 32.0 Å². The molecular formula is C23H29N3O. The molecule has 1 N–H and O–H groups in total. The summed E-state index contributed by atoms with van der Waals surface area (Å²) in [5, 5.41) is 2.96. The monoisotopic (exact) mass is 363 g/mol. The molecule has 1 aromatic heterocycles. The van der Waals surface area contributed by atoms with Crippen molar-refractivity contribution in [3.8, 4) is 11.4 Å². The van der Waals surface area contributed by atoms with Crippen molar-refractivity contribution in [2.45, 2.75) is 59.0 Å². The molecule has 0 aliphatic rings. The first-order chi connectivity index (χ1) is 12.8. The molecule has 0 atom stereocenters. The van der Waals surface area contributed by atoms with Crippen LogP contribution in [-0.2, 0) is 16.8 Å². The van der Waals surface area contributed by atoms with Crippen molar-refractivity contribution in [1.29, 1.82) is 0 Å². The van der Waals surface area contributed by atoms with Gasteiger partial charge in [-0.3, -0.25) is 4.79 Å². The molecule has 3 rings (SSSR count). The molecular weight excluding hydrogens is 334 g/mol. The van der Waals surface area contributed by atoms with Gasteiger partial charge in [-0.25, -0.2) is 4.98 Å². The molecule has 2 aromatic carbocycles. The number of nitrogens with zero attached hydrogens (tertiary/aromatic N) is 2. The van der Waals surface area contributed by atoms with E-state index in [4.69, 9.17) is 4.98 Å². The average molecular weight is 364 g/mol. The molecule has 4 heteroatoms. The third-order valence-electron chi connectivity index (χ3n) is 4.68. The minimum absolute atomic E-state index is 0.0665. The maximum atomic E-state index is 12.1. The Balaban J connectivity index is 1.96. The highest BCUT2D eigenvalue weighted by atomic mass is 16.1. The summed E-state index contributed by atoms with van der Waals surface area (Å²) >= 11 is 0. The number of para-hydroxylation sites is 2. The number of hydrogen-bond acceptors (Lipinski definition) is 2. The van der Waals surface area contributed by atoms with Gasteiger partial charge in [0, 0.05) is 24.6 Å². The lowest BCUT2D eigenvalue weighted by Crippen LogP contribution is -2.30. The van der Waals surface area contributed by atoms with Crippen LogP contribution in [0.15, 0.2) is 48.5 Å². The molecule has 3 aromatic rings. The minimum atomic E-state index is 0.0665. The van der Waals surface area contributed by atoms with Crippen LogP contribution in [0.25, 0.3) is 22.4 Å². The van der Waals surface area contributed by atoms with Gasteiger partial charge in [0.25, 0.3) is 0 Å². The molecule has 1 heterocycles. The number of imidazole rings is 1. The number of carbonyl (C=O) groups is 1. The zero-order valence-electron chi connectivity index (χ0n) is 16.9. The lowest BCUT2D eigenvalue weighted by atomic mass is 9.87. The smallest absolute Gasteiger partial charge is 0.221 e. The Morgan fingerprint density at radius 2 is 1.74 bits per heavy atom. The molecule has 0 saturated carbocycles. The summed E-state index contributed by atoms with van der Waals surface area (Å²) in [4.78, 5) is 17.0. The van der Waals surface area contributed by atoms with Crippen LogP contribution < -0.4 is 5.32 Å². The van der Waals surface area contributed by atoms with E-state index >= 15 is 0 Å². The van der Waals surface area contributed by atoms with Crippen molar-refractivity contribution in [2.24, 2.45) is 0 Å². The van der Waals surface area contributed by atoms with Gasteiger partial charge in [0.2, 0.25) is 5.91 Å². The summed E-state index contributed by atoms with van der Waals surface area (Å²) in [7, 11) is 0. The third kappa shape index (κ3) is 4.38. The molecule has 0 radical (unpaired) electrons. The fraction of sp³-hybridized carbons (Fsp3) is 0.391. The highest BCUT2D eigenvalue weighted by molar-refractivity contribution is 5.81. The van der Waals surface area contributed by atoms with Crippen LogP contribution in [0, 0.1) is 0 Å². The van der Waals surface area contributed by atoms with Crippen molar-refractivity contribution < 1.29 is 4.79 Å². The highest BCUT2D eigenvalue weighted by Gasteiger charge is 2.16. The Morgan fingerprint density at radius 1 is 1.07 bits per heavy atom. The molecule has 1 amide bonds. The summed E-state index contributed by atoms with van der Waals surface area (Å²) in [6.45, 7) is 11.2. The van der Waals surface area contributed by atoms with Crippen LogP contribution in [0.2, 0.25) is 0 Å². The second-order valence-electron chi connectivity index (χ2n) is 8.38. The fourth-order valence-corrected chi connectivity index (χ4v) is 3.25. The quantitative estimate of drug-likeness (QED) is 0.700. The van der Waals surface area contributed by atoms with Crippen molar-refractivity contribution in [1.82, 2.24) is 14.9 Å². The maximum absolute atomic E-state index is 12.1. The molecule has 0 spiro atoms. The number of hydrogen-bond donors (Lipinski definition) is 1. The van der Waals surface area contributed by atoms with E-state index in [1.165, 1.54) is 5.56 Å². The number of amides is 1. The van der Waals surface area contributed by atoms with E-state index in [0.717, 1.165) is 22.4 Å². The van der Waals surface area contributed by atoms with Crippen LogP contribution in [0.3, 0.4) is 0 Å². The Bertz CT molecular complexity index is 930. The standard InChI is InChI=1S/C23H29N3O/c1-16(2)24-21(27)14-15-26-20-9-7-6-8-19(20)25-22(26)17-10-12-18(13-11-17)23(3,4)5/h6-13,16H,14-15H2,1-5H3,(H,24,27). The van der Waals surface area contributed by atoms with Gasteiger partial charge < -0.3 is 9.88 Å². The first-order valence-electron chi connectivity index (χ1n) is 9.61. The number of aromatic nitrogens is 2. The molecule has 0 fully saturated rings. The van der Waals surface area contributed by atoms with Crippen molar-refractivity contribution in [3.63, 3.8) is 0 Å². The lowest BCUT2D eigenvalue weighted by molar-refractivity contribution is -0.121. The number of fused-ring (bicyclic) bond motifs is 1. The van der Waals surface area contributed by atoms with Crippen molar-refractivity contribution in [2.75, 3.05) is 0 Å². The van der Waals surface area contributed by atoms with Gasteiger partial charge in [-0.2, -0.15) is 0 Å². The van der Waals surface area contributed by atoms with Crippen LogP contribution in [-0.4, -0.2) is 21.5 Å². The molecule has 0 bridgehead atoms. The molecule has 142 valence electrons. The van der Waals surface area contributed by atoms with E-state index in [9.17, 15) is 4.79 Å². The molecule has 0 unspecified atom stereocenters. The van der Waals surface area contributed by atoms with Gasteiger partial charge in [0.1, 0.15) is 5.82 Å². The second kappa shape index (κ2) is 7.55. The molecule has 27 heavy (non-hydrogen) atoms. The Hall–Kier alpha value is -2.62. The van der Waals surface area contributed by atoms with Gasteiger partial charge in [-0.1, -0.05) is 57.2 Å². The summed E-state index contributed by atoms with van der Waals surface area (Å²) < 4.78 is 2.15. The van der Waals surface area contributed by atoms with E-state index < -0.39 is 0 Å². The zero-order chi connectivity index (χ0) is 19.6. The first-order valence-corrected chi connectivity index (χ1v) is 9.61. The fourth-order valence-electron chi connectivity index (χ4n) is 3.25. The Kier molecular flexibility index (Phi) is 5.36. The predicted molar refractivity (Wildman–Crippen MR) is 112 cm³/mol. The largest absolute Gasteiger partial charge is 0.354 e. The van der Waals surface area contributed by atoms with E-state index in [0.29, 0.717) is 13.0 Å². The summed E-state index contributed by atoms with van der Waals surface area (Å²) in [5.41, 5.74) is 4.50. The molecule has 4 nitrogen and oxygen atoms in total. The van der Waals surface area contributed by atoms with Crippen LogP contribution in [0.4, 0.5) is 0 Å². The number of rotatable bonds is 5. The van der Waals surface area contributed by atoms with E-state index in [1.54, 1.807) is 0 Å². The summed E-state index contributed by atoms with van der Waals surface area (Å²) in [6, 6.07) is 16.9. The lowest BCUT2D eigenvalue weighted by Gasteiger charge is -2.19. The predicted octanol–water partition coefficient (Wildman–Crippen LogP) is 4.92. The number of benzene rings is 2. The molecule has 0 aliphatic carbocycles. The maximum Gasteiger partial charge on any atom is 0.221 e. The summed E-state index contributed by atoms with van der Waals surface area (Å²) in [6.07, 6.45) is 0.436. The van der Waals surface area contributed by atoms with Gasteiger partial charge in [0.15, 0.2) is 0 Å². The van der Waals surface area contributed by atoms with Gasteiger partial charge in [-0.05, 0) is 37.0 Å². The van der Waals surface area contributed by atoms with Crippen LogP contribution in [0.5, 0.6) is 0 Å². The van der Waals surface area contributed by atoms with Crippen molar-refractivity contribution in [3.05, 3.63) is 54.1 Å². The minimum Gasteiger partial charge on any atom is -0.354 e. The van der Waals surface area contributed by atoms with Gasteiger partial charge >= 0.3 is 0 Å². The average Bonchev–Trinajstić information content (AvgIpc) is 2.97. The topological polar surface area (TPSA) is 46.9 Å². The zero-order valence-corrected chi connectivity index (χ0v) is 16.9.